The van der Waals surface area contributed by atoms with Crippen LogP contribution in [0.3, 0.4) is 0 Å². The van der Waals surface area contributed by atoms with Crippen molar-refractivity contribution in [3.63, 3.8) is 0 Å². The van der Waals surface area contributed by atoms with Crippen molar-refractivity contribution in [1.29, 1.82) is 0 Å². The highest BCUT2D eigenvalue weighted by atomic mass is 16.5. The number of hydrogen-bond donors (Lipinski definition) is 1. The topological polar surface area (TPSA) is 81.4 Å². The molecule has 0 aliphatic carbocycles. The molecule has 0 aromatic carbocycles. The summed E-state index contributed by atoms with van der Waals surface area (Å²) in [7, 11) is 0. The number of hydrogen-bond acceptors (Lipinski definition) is 4. The minimum atomic E-state index is -0.970. The van der Waals surface area contributed by atoms with Crippen LogP contribution in [0.4, 0.5) is 0 Å². The zero-order valence-corrected chi connectivity index (χ0v) is 9.71. The Kier molecular flexibility index (Phi) is 4.45. The number of esters is 1. The van der Waals surface area contributed by atoms with Gasteiger partial charge in [0, 0.05) is 11.8 Å². The van der Waals surface area contributed by atoms with E-state index in [-0.39, 0.29) is 5.57 Å². The fourth-order valence-electron chi connectivity index (χ4n) is 1.10. The van der Waals surface area contributed by atoms with Crippen molar-refractivity contribution in [2.45, 2.75) is 20.4 Å². The predicted molar refractivity (Wildman–Crippen MR) is 59.6 cm³/mol. The second kappa shape index (κ2) is 5.83. The Balaban J connectivity index is 2.66. The molecule has 0 aliphatic heterocycles. The van der Waals surface area contributed by atoms with Gasteiger partial charge in [-0.1, -0.05) is 6.08 Å². The first-order chi connectivity index (χ1) is 8.04. The molecule has 1 N–H and O–H groups in total. The molecule has 1 heterocycles. The third-order valence-electron chi connectivity index (χ3n) is 2.07. The normalized spacial score (nSPS) is 11.3. The van der Waals surface area contributed by atoms with Crippen LogP contribution in [0.15, 0.2) is 24.0 Å². The van der Waals surface area contributed by atoms with Crippen LogP contribution in [-0.4, -0.2) is 33.4 Å². The lowest BCUT2D eigenvalue weighted by Gasteiger charge is -1.97. The summed E-state index contributed by atoms with van der Waals surface area (Å²) in [5.74, 6) is -1.40. The zero-order valence-electron chi connectivity index (χ0n) is 9.71. The molecule has 0 amide bonds. The maximum atomic E-state index is 11.3. The highest BCUT2D eigenvalue weighted by Crippen LogP contribution is 2.02. The number of rotatable bonds is 5. The van der Waals surface area contributed by atoms with Crippen molar-refractivity contribution in [3.8, 4) is 0 Å². The van der Waals surface area contributed by atoms with Gasteiger partial charge < -0.3 is 9.84 Å². The fourth-order valence-corrected chi connectivity index (χ4v) is 1.10. The lowest BCUT2D eigenvalue weighted by atomic mass is 10.3. The molecule has 0 saturated heterocycles. The van der Waals surface area contributed by atoms with Crippen LogP contribution >= 0.6 is 0 Å². The van der Waals surface area contributed by atoms with Gasteiger partial charge in [-0.15, -0.1) is 0 Å². The number of ether oxygens (including phenoxy) is 1. The van der Waals surface area contributed by atoms with Crippen molar-refractivity contribution in [1.82, 2.24) is 9.78 Å². The summed E-state index contributed by atoms with van der Waals surface area (Å²) in [6.07, 6.45) is 4.43. The third-order valence-corrected chi connectivity index (χ3v) is 2.07. The molecule has 0 unspecified atom stereocenters. The van der Waals surface area contributed by atoms with Crippen molar-refractivity contribution >= 4 is 11.9 Å². The number of carboxylic acids is 1. The van der Waals surface area contributed by atoms with Crippen molar-refractivity contribution in [2.24, 2.45) is 0 Å². The lowest BCUT2D eigenvalue weighted by Crippen LogP contribution is -2.03. The van der Waals surface area contributed by atoms with E-state index in [1.807, 2.05) is 0 Å². The number of allylic oxidation sites excluding steroid dienone is 1. The molecule has 1 rings (SSSR count). The van der Waals surface area contributed by atoms with Gasteiger partial charge in [-0.25, -0.2) is 9.59 Å². The van der Waals surface area contributed by atoms with E-state index in [1.54, 1.807) is 6.92 Å². The Morgan fingerprint density at radius 1 is 1.59 bits per heavy atom. The van der Waals surface area contributed by atoms with Gasteiger partial charge in [0.05, 0.1) is 24.9 Å². The monoisotopic (exact) mass is 238 g/mol. The molecule has 0 spiro atoms. The molecule has 0 fully saturated rings. The van der Waals surface area contributed by atoms with E-state index in [0.29, 0.717) is 18.7 Å². The van der Waals surface area contributed by atoms with Gasteiger partial charge in [0.15, 0.2) is 0 Å². The Bertz CT molecular complexity index is 448. The summed E-state index contributed by atoms with van der Waals surface area (Å²) >= 11 is 0. The van der Waals surface area contributed by atoms with Gasteiger partial charge in [-0.05, 0) is 13.8 Å². The van der Waals surface area contributed by atoms with E-state index in [2.05, 4.69) is 5.10 Å². The number of carbonyl (C=O) groups is 2. The number of aliphatic carboxylic acids is 1. The molecule has 6 heteroatoms. The molecule has 1 aromatic rings. The number of aromatic nitrogens is 2. The van der Waals surface area contributed by atoms with Gasteiger partial charge in [0.1, 0.15) is 0 Å². The van der Waals surface area contributed by atoms with E-state index in [0.717, 1.165) is 0 Å². The molecule has 6 nitrogen and oxygen atoms in total. The van der Waals surface area contributed by atoms with Crippen LogP contribution in [0.1, 0.15) is 24.2 Å². The Labute approximate surface area is 98.5 Å². The Morgan fingerprint density at radius 3 is 2.88 bits per heavy atom. The lowest BCUT2D eigenvalue weighted by molar-refractivity contribution is -0.132. The SMILES string of the molecule is CCOC(=O)c1cnn(C/C=C(/C)C(=O)O)c1. The number of carbonyl (C=O) groups excluding carboxylic acids is 1. The minimum Gasteiger partial charge on any atom is -0.478 e. The average Bonchev–Trinajstić information content (AvgIpc) is 2.74. The minimum absolute atomic E-state index is 0.234. The highest BCUT2D eigenvalue weighted by molar-refractivity contribution is 5.88. The van der Waals surface area contributed by atoms with Crippen molar-refractivity contribution in [2.75, 3.05) is 6.61 Å². The summed E-state index contributed by atoms with van der Waals surface area (Å²) in [4.78, 5) is 21.9. The molecule has 0 bridgehead atoms. The van der Waals surface area contributed by atoms with Gasteiger partial charge >= 0.3 is 11.9 Å². The van der Waals surface area contributed by atoms with E-state index < -0.39 is 11.9 Å². The first-order valence-corrected chi connectivity index (χ1v) is 5.14. The van der Waals surface area contributed by atoms with E-state index in [1.165, 1.54) is 30.1 Å². The summed E-state index contributed by atoms with van der Waals surface area (Å²) in [6, 6.07) is 0. The zero-order chi connectivity index (χ0) is 12.8. The maximum Gasteiger partial charge on any atom is 0.341 e. The maximum absolute atomic E-state index is 11.3. The van der Waals surface area contributed by atoms with Gasteiger partial charge in [0.25, 0.3) is 0 Å². The highest BCUT2D eigenvalue weighted by Gasteiger charge is 2.08. The number of nitrogens with zero attached hydrogens (tertiary/aromatic N) is 2. The Hall–Kier alpha value is -2.11. The Morgan fingerprint density at radius 2 is 2.29 bits per heavy atom. The second-order valence-electron chi connectivity index (χ2n) is 3.36. The largest absolute Gasteiger partial charge is 0.478 e. The first kappa shape index (κ1) is 13.0. The van der Waals surface area contributed by atoms with Crippen LogP contribution in [0, 0.1) is 0 Å². The summed E-state index contributed by atoms with van der Waals surface area (Å²) in [5.41, 5.74) is 0.589. The number of carboxylic acid groups (broad SMARTS) is 1. The van der Waals surface area contributed by atoms with Crippen LogP contribution in [0.2, 0.25) is 0 Å². The van der Waals surface area contributed by atoms with E-state index in [9.17, 15) is 9.59 Å². The average molecular weight is 238 g/mol. The first-order valence-electron chi connectivity index (χ1n) is 5.14. The fraction of sp³-hybridized carbons (Fsp3) is 0.364. The van der Waals surface area contributed by atoms with Crippen LogP contribution in [0.25, 0.3) is 0 Å². The van der Waals surface area contributed by atoms with E-state index >= 15 is 0 Å². The summed E-state index contributed by atoms with van der Waals surface area (Å²) < 4.78 is 6.27. The quantitative estimate of drug-likeness (QED) is 0.613. The molecule has 0 radical (unpaired) electrons. The molecule has 0 aliphatic rings. The molecular weight excluding hydrogens is 224 g/mol. The third kappa shape index (κ3) is 3.75. The standard InChI is InChI=1S/C11H14N2O4/c1-3-17-11(16)9-6-12-13(7-9)5-4-8(2)10(14)15/h4,6-7H,3,5H2,1-2H3,(H,14,15)/b8-4-. The molecule has 17 heavy (non-hydrogen) atoms. The van der Waals surface area contributed by atoms with Crippen LogP contribution < -0.4 is 0 Å². The smallest absolute Gasteiger partial charge is 0.341 e. The molecule has 0 atom stereocenters. The molecule has 0 saturated carbocycles. The van der Waals surface area contributed by atoms with E-state index in [4.69, 9.17) is 9.84 Å². The summed E-state index contributed by atoms with van der Waals surface area (Å²) in [5, 5.41) is 12.6. The van der Waals surface area contributed by atoms with Crippen LogP contribution in [-0.2, 0) is 16.1 Å². The van der Waals surface area contributed by atoms with Gasteiger partial charge in [0.2, 0.25) is 0 Å². The van der Waals surface area contributed by atoms with Gasteiger partial charge in [-0.2, -0.15) is 5.10 Å². The summed E-state index contributed by atoms with van der Waals surface area (Å²) in [6.45, 7) is 3.83. The molecule has 92 valence electrons. The van der Waals surface area contributed by atoms with Crippen molar-refractivity contribution < 1.29 is 19.4 Å². The second-order valence-corrected chi connectivity index (χ2v) is 3.36. The molecular formula is C11H14N2O4. The predicted octanol–water partition coefficient (Wildman–Crippen LogP) is 1.09. The van der Waals surface area contributed by atoms with Crippen molar-refractivity contribution in [3.05, 3.63) is 29.6 Å². The van der Waals surface area contributed by atoms with Gasteiger partial charge in [-0.3, -0.25) is 4.68 Å². The van der Waals surface area contributed by atoms with Crippen LogP contribution in [0.5, 0.6) is 0 Å². The molecule has 1 aromatic heterocycles.